The minimum absolute atomic E-state index is 0.0525. The lowest BCUT2D eigenvalue weighted by Gasteiger charge is -2.26. The number of hydrogen-bond acceptors (Lipinski definition) is 4. The monoisotopic (exact) mass is 356 g/mol. The van der Waals surface area contributed by atoms with E-state index in [4.69, 9.17) is 9.47 Å². The SMILES string of the molecule is O=CC[C@@H]1[C@H](O)CC[C@H]1C#CC(Cc1ccccc1)OC1CCCCO1. The normalized spacial score (nSPS) is 29.6. The largest absolute Gasteiger partial charge is 0.393 e. The summed E-state index contributed by atoms with van der Waals surface area (Å²) in [5.74, 6) is 6.60. The molecule has 1 saturated heterocycles. The van der Waals surface area contributed by atoms with E-state index in [1.54, 1.807) is 0 Å². The Morgan fingerprint density at radius 1 is 1.23 bits per heavy atom. The Hall–Kier alpha value is -1.67. The van der Waals surface area contributed by atoms with Crippen LogP contribution in [0.15, 0.2) is 30.3 Å². The second-order valence-electron chi connectivity index (χ2n) is 7.22. The van der Waals surface area contributed by atoms with Crippen LogP contribution in [0.2, 0.25) is 0 Å². The van der Waals surface area contributed by atoms with Gasteiger partial charge < -0.3 is 19.4 Å². The van der Waals surface area contributed by atoms with Crippen molar-refractivity contribution >= 4 is 6.29 Å². The molecule has 26 heavy (non-hydrogen) atoms. The Morgan fingerprint density at radius 3 is 2.81 bits per heavy atom. The lowest BCUT2D eigenvalue weighted by Crippen LogP contribution is -2.28. The molecule has 1 N–H and O–H groups in total. The van der Waals surface area contributed by atoms with E-state index >= 15 is 0 Å². The zero-order valence-electron chi connectivity index (χ0n) is 15.2. The lowest BCUT2D eigenvalue weighted by molar-refractivity contribution is -0.176. The Balaban J connectivity index is 1.69. The third kappa shape index (κ3) is 5.41. The molecule has 1 aliphatic heterocycles. The van der Waals surface area contributed by atoms with Crippen LogP contribution in [0.3, 0.4) is 0 Å². The van der Waals surface area contributed by atoms with Crippen molar-refractivity contribution in [3.8, 4) is 11.8 Å². The number of rotatable bonds is 6. The topological polar surface area (TPSA) is 55.8 Å². The summed E-state index contributed by atoms with van der Waals surface area (Å²) in [5.41, 5.74) is 1.18. The maximum absolute atomic E-state index is 10.9. The van der Waals surface area contributed by atoms with Crippen LogP contribution in [0.5, 0.6) is 0 Å². The molecular weight excluding hydrogens is 328 g/mol. The molecule has 4 nitrogen and oxygen atoms in total. The van der Waals surface area contributed by atoms with Crippen molar-refractivity contribution in [2.24, 2.45) is 11.8 Å². The molecule has 3 rings (SSSR count). The van der Waals surface area contributed by atoms with E-state index in [-0.39, 0.29) is 24.2 Å². The summed E-state index contributed by atoms with van der Waals surface area (Å²) < 4.78 is 11.9. The quantitative estimate of drug-likeness (QED) is 0.628. The first-order valence-electron chi connectivity index (χ1n) is 9.70. The Kier molecular flexibility index (Phi) is 7.25. The van der Waals surface area contributed by atoms with Gasteiger partial charge in [-0.1, -0.05) is 42.2 Å². The van der Waals surface area contributed by atoms with Gasteiger partial charge in [-0.3, -0.25) is 0 Å². The summed E-state index contributed by atoms with van der Waals surface area (Å²) in [6.07, 6.45) is 5.78. The first-order valence-corrected chi connectivity index (χ1v) is 9.70. The van der Waals surface area contributed by atoms with Gasteiger partial charge >= 0.3 is 0 Å². The highest BCUT2D eigenvalue weighted by Crippen LogP contribution is 2.33. The van der Waals surface area contributed by atoms with Gasteiger partial charge in [-0.05, 0) is 37.7 Å². The first kappa shape index (κ1) is 19.1. The molecule has 1 aromatic carbocycles. The van der Waals surface area contributed by atoms with E-state index < -0.39 is 6.10 Å². The van der Waals surface area contributed by atoms with Crippen molar-refractivity contribution in [2.75, 3.05) is 6.61 Å². The number of hydrogen-bond donors (Lipinski definition) is 1. The van der Waals surface area contributed by atoms with Crippen LogP contribution in [0.4, 0.5) is 0 Å². The van der Waals surface area contributed by atoms with Gasteiger partial charge in [-0.25, -0.2) is 0 Å². The Bertz CT molecular complexity index is 612. The fourth-order valence-corrected chi connectivity index (χ4v) is 3.82. The highest BCUT2D eigenvalue weighted by molar-refractivity contribution is 5.50. The van der Waals surface area contributed by atoms with Gasteiger partial charge in [-0.2, -0.15) is 0 Å². The molecule has 0 radical (unpaired) electrons. The molecule has 140 valence electrons. The molecule has 0 aromatic heterocycles. The van der Waals surface area contributed by atoms with Crippen LogP contribution >= 0.6 is 0 Å². The third-order valence-electron chi connectivity index (χ3n) is 5.30. The van der Waals surface area contributed by atoms with Gasteiger partial charge in [-0.15, -0.1) is 0 Å². The van der Waals surface area contributed by atoms with Gasteiger partial charge in [0.15, 0.2) is 6.29 Å². The average molecular weight is 356 g/mol. The van der Waals surface area contributed by atoms with E-state index in [0.29, 0.717) is 19.3 Å². The number of aliphatic hydroxyl groups excluding tert-OH is 1. The third-order valence-corrected chi connectivity index (χ3v) is 5.30. The highest BCUT2D eigenvalue weighted by Gasteiger charge is 2.33. The zero-order valence-corrected chi connectivity index (χ0v) is 15.2. The van der Waals surface area contributed by atoms with Crippen LogP contribution in [0.25, 0.3) is 0 Å². The fourth-order valence-electron chi connectivity index (χ4n) is 3.82. The maximum atomic E-state index is 10.9. The smallest absolute Gasteiger partial charge is 0.159 e. The van der Waals surface area contributed by atoms with Crippen LogP contribution in [0, 0.1) is 23.7 Å². The summed E-state index contributed by atoms with van der Waals surface area (Å²) in [6.45, 7) is 0.742. The van der Waals surface area contributed by atoms with Crippen molar-refractivity contribution in [2.45, 2.75) is 63.4 Å². The van der Waals surface area contributed by atoms with Crippen molar-refractivity contribution < 1.29 is 19.4 Å². The Labute approximate surface area is 155 Å². The Morgan fingerprint density at radius 2 is 2.08 bits per heavy atom. The molecule has 0 spiro atoms. The average Bonchev–Trinajstić information content (AvgIpc) is 3.02. The van der Waals surface area contributed by atoms with Gasteiger partial charge in [0.05, 0.1) is 6.10 Å². The predicted molar refractivity (Wildman–Crippen MR) is 99.3 cm³/mol. The number of carbonyl (C=O) groups is 1. The second-order valence-corrected chi connectivity index (χ2v) is 7.22. The van der Waals surface area contributed by atoms with E-state index in [1.807, 2.05) is 18.2 Å². The van der Waals surface area contributed by atoms with Gasteiger partial charge in [0.2, 0.25) is 0 Å². The number of ether oxygens (including phenoxy) is 2. The molecule has 2 aliphatic rings. The van der Waals surface area contributed by atoms with Gasteiger partial charge in [0.1, 0.15) is 12.4 Å². The summed E-state index contributed by atoms with van der Waals surface area (Å²) in [6, 6.07) is 10.2. The van der Waals surface area contributed by atoms with Crippen molar-refractivity contribution in [3.05, 3.63) is 35.9 Å². The number of carbonyl (C=O) groups excluding carboxylic acids is 1. The standard InChI is InChI=1S/C22H28O4/c23-14-13-20-18(10-12-21(20)24)9-11-19(16-17-6-2-1-3-7-17)26-22-8-4-5-15-25-22/h1-3,6-7,14,18-22,24H,4-5,8,10,12-13,15-16H2/t18-,19?,20+,21-,22?/m1/s1. The van der Waals surface area contributed by atoms with Crippen LogP contribution in [-0.2, 0) is 20.7 Å². The molecular formula is C22H28O4. The predicted octanol–water partition coefficient (Wildman–Crippen LogP) is 3.12. The van der Waals surface area contributed by atoms with Gasteiger partial charge in [0, 0.05) is 31.3 Å². The van der Waals surface area contributed by atoms with Crippen LogP contribution in [-0.4, -0.2) is 36.5 Å². The van der Waals surface area contributed by atoms with Crippen molar-refractivity contribution in [3.63, 3.8) is 0 Å². The van der Waals surface area contributed by atoms with Crippen molar-refractivity contribution in [1.82, 2.24) is 0 Å². The molecule has 0 amide bonds. The molecule has 1 heterocycles. The molecule has 2 unspecified atom stereocenters. The summed E-state index contributed by atoms with van der Waals surface area (Å²) in [7, 11) is 0. The van der Waals surface area contributed by atoms with E-state index in [0.717, 1.165) is 38.6 Å². The van der Waals surface area contributed by atoms with Crippen LogP contribution < -0.4 is 0 Å². The van der Waals surface area contributed by atoms with E-state index in [2.05, 4.69) is 24.0 Å². The molecule has 4 heteroatoms. The number of benzene rings is 1. The molecule has 5 atom stereocenters. The minimum atomic E-state index is -0.422. The van der Waals surface area contributed by atoms with Crippen LogP contribution in [0.1, 0.15) is 44.1 Å². The van der Waals surface area contributed by atoms with E-state index in [1.165, 1.54) is 5.56 Å². The van der Waals surface area contributed by atoms with E-state index in [9.17, 15) is 9.90 Å². The molecule has 1 aliphatic carbocycles. The first-order chi connectivity index (χ1) is 12.8. The molecule has 0 bridgehead atoms. The summed E-state index contributed by atoms with van der Waals surface area (Å²) in [4.78, 5) is 10.9. The number of aldehydes is 1. The summed E-state index contributed by atoms with van der Waals surface area (Å²) in [5, 5.41) is 10.1. The second kappa shape index (κ2) is 9.87. The molecule has 2 fully saturated rings. The maximum Gasteiger partial charge on any atom is 0.159 e. The molecule has 1 saturated carbocycles. The summed E-state index contributed by atoms with van der Waals surface area (Å²) >= 11 is 0. The highest BCUT2D eigenvalue weighted by atomic mass is 16.7. The zero-order chi connectivity index (χ0) is 18.2. The van der Waals surface area contributed by atoms with Crippen molar-refractivity contribution in [1.29, 1.82) is 0 Å². The minimum Gasteiger partial charge on any atom is -0.393 e. The fraction of sp³-hybridized carbons (Fsp3) is 0.591. The van der Waals surface area contributed by atoms with Gasteiger partial charge in [0.25, 0.3) is 0 Å². The lowest BCUT2D eigenvalue weighted by atomic mass is 9.92. The number of aliphatic hydroxyl groups is 1. The molecule has 1 aromatic rings.